The average Bonchev–Trinajstić information content (AvgIpc) is 3.75. The van der Waals surface area contributed by atoms with Crippen LogP contribution in [-0.2, 0) is 43.4 Å². The summed E-state index contributed by atoms with van der Waals surface area (Å²) in [6.45, 7) is 7.24. The third-order valence-electron chi connectivity index (χ3n) is 11.4. The molecule has 0 aromatic heterocycles. The van der Waals surface area contributed by atoms with Crippen LogP contribution in [0, 0.1) is 0 Å². The molecule has 11 rings (SSSR count). The predicted octanol–water partition coefficient (Wildman–Crippen LogP) is 7.22. The Balaban J connectivity index is 1.13. The number of anilines is 2. The molecule has 50 heavy (non-hydrogen) atoms. The maximum absolute atomic E-state index is 7.04. The molecule has 250 valence electrons. The molecule has 8 nitrogen and oxygen atoms in total. The van der Waals surface area contributed by atoms with E-state index >= 15 is 0 Å². The van der Waals surface area contributed by atoms with Gasteiger partial charge < -0.3 is 38.2 Å². The number of ether oxygens (including phenoxy) is 6. The van der Waals surface area contributed by atoms with E-state index in [1.807, 2.05) is 0 Å². The highest BCUT2D eigenvalue weighted by molar-refractivity contribution is 5.73. The lowest BCUT2D eigenvalue weighted by Gasteiger charge is -2.42. The van der Waals surface area contributed by atoms with E-state index in [2.05, 4.69) is 107 Å². The Bertz CT molecular complexity index is 2040. The Kier molecular flexibility index (Phi) is 6.26. The van der Waals surface area contributed by atoms with Gasteiger partial charge in [-0.15, -0.1) is 0 Å². The quantitative estimate of drug-likeness (QED) is 0.196. The normalized spacial score (nSPS) is 24.1. The number of nitrogens with zero attached hydrogens (tertiary/aromatic N) is 2. The van der Waals surface area contributed by atoms with Crippen molar-refractivity contribution >= 4 is 11.4 Å². The fraction of sp³-hybridized carbons (Fsp3) is 0.286. The second-order valence-electron chi connectivity index (χ2n) is 13.9. The van der Waals surface area contributed by atoms with E-state index < -0.39 is 11.2 Å². The second kappa shape index (κ2) is 10.8. The van der Waals surface area contributed by atoms with Crippen LogP contribution in [0.1, 0.15) is 44.5 Å². The number of rotatable bonds is 2. The minimum absolute atomic E-state index is 0.505. The molecule has 2 unspecified atom stereocenters. The van der Waals surface area contributed by atoms with Gasteiger partial charge in [0.25, 0.3) is 0 Å². The van der Waals surface area contributed by atoms with Crippen LogP contribution in [0.3, 0.4) is 0 Å². The standard InChI is InChI=1S/C42H36N2O6/c1-3-7-31-27(5-1)25-47-41(31)33-11-9-29(43-13-17-45-18-14-43)21-37(33)49-39-24-40-36(23-35(39)41)42(32-8-4-2-6-28(32)26-48-42)34-12-10-30(22-38(34)50-40)44-15-19-46-20-16-44/h1-12,21-24H,13-20,25-26H2. The lowest BCUT2D eigenvalue weighted by molar-refractivity contribution is 0.0140. The molecule has 2 saturated heterocycles. The Hall–Kier alpha value is -4.86. The van der Waals surface area contributed by atoms with Crippen molar-refractivity contribution in [2.45, 2.75) is 24.4 Å². The third kappa shape index (κ3) is 3.96. The van der Waals surface area contributed by atoms with Crippen molar-refractivity contribution in [3.05, 3.63) is 142 Å². The smallest absolute Gasteiger partial charge is 0.151 e. The number of hydrogen-bond donors (Lipinski definition) is 0. The van der Waals surface area contributed by atoms with Gasteiger partial charge in [0.05, 0.1) is 39.6 Å². The molecule has 6 aliphatic heterocycles. The van der Waals surface area contributed by atoms with Gasteiger partial charge in [0.1, 0.15) is 23.0 Å². The SMILES string of the molecule is c1ccc2c(c1)COC21c2ccc(N3CCOCC3)cc2Oc2cc3c(cc21)C1(OCc2ccccc21)c1ccc(N2CCOCC2)cc1O3. The summed E-state index contributed by atoms with van der Waals surface area (Å²) in [5, 5.41) is 0. The van der Waals surface area contributed by atoms with Crippen LogP contribution in [-0.4, -0.2) is 52.6 Å². The van der Waals surface area contributed by atoms with Crippen LogP contribution in [0.15, 0.2) is 97.1 Å². The molecule has 0 radical (unpaired) electrons. The fourth-order valence-corrected chi connectivity index (χ4v) is 9.01. The molecular weight excluding hydrogens is 628 g/mol. The summed E-state index contributed by atoms with van der Waals surface area (Å²) in [5.74, 6) is 3.03. The number of benzene rings is 5. The van der Waals surface area contributed by atoms with Crippen molar-refractivity contribution in [3.8, 4) is 23.0 Å². The zero-order valence-corrected chi connectivity index (χ0v) is 27.7. The van der Waals surface area contributed by atoms with Crippen LogP contribution < -0.4 is 19.3 Å². The van der Waals surface area contributed by atoms with Gasteiger partial charge in [-0.3, -0.25) is 0 Å². The monoisotopic (exact) mass is 664 g/mol. The zero-order chi connectivity index (χ0) is 32.9. The first-order valence-corrected chi connectivity index (χ1v) is 17.7. The first kappa shape index (κ1) is 28.9. The molecule has 0 aliphatic carbocycles. The summed E-state index contributed by atoms with van der Waals surface area (Å²) >= 11 is 0. The van der Waals surface area contributed by atoms with Crippen LogP contribution >= 0.6 is 0 Å². The van der Waals surface area contributed by atoms with E-state index in [1.165, 1.54) is 11.1 Å². The molecule has 5 aromatic carbocycles. The van der Waals surface area contributed by atoms with E-state index in [0.717, 1.165) is 93.9 Å². The summed E-state index contributed by atoms with van der Waals surface area (Å²) in [6, 6.07) is 34.6. The summed E-state index contributed by atoms with van der Waals surface area (Å²) in [6.07, 6.45) is 0. The predicted molar refractivity (Wildman–Crippen MR) is 188 cm³/mol. The van der Waals surface area contributed by atoms with Crippen molar-refractivity contribution in [2.75, 3.05) is 62.4 Å². The largest absolute Gasteiger partial charge is 0.456 e. The van der Waals surface area contributed by atoms with Gasteiger partial charge >= 0.3 is 0 Å². The molecular formula is C42H36N2O6. The van der Waals surface area contributed by atoms with Crippen molar-refractivity contribution in [1.82, 2.24) is 0 Å². The summed E-state index contributed by atoms with van der Waals surface area (Å²) in [7, 11) is 0. The molecule has 6 aliphatic rings. The van der Waals surface area contributed by atoms with E-state index in [4.69, 9.17) is 28.4 Å². The van der Waals surface area contributed by atoms with Gasteiger partial charge in [-0.05, 0) is 52.6 Å². The van der Waals surface area contributed by atoms with Gasteiger partial charge in [-0.25, -0.2) is 0 Å². The highest BCUT2D eigenvalue weighted by Crippen LogP contribution is 2.62. The van der Waals surface area contributed by atoms with Gasteiger partial charge in [-0.2, -0.15) is 0 Å². The highest BCUT2D eigenvalue weighted by atomic mass is 16.5. The van der Waals surface area contributed by atoms with E-state index in [9.17, 15) is 0 Å². The van der Waals surface area contributed by atoms with Crippen molar-refractivity contribution in [2.24, 2.45) is 0 Å². The van der Waals surface area contributed by atoms with E-state index in [-0.39, 0.29) is 0 Å². The Morgan fingerprint density at radius 3 is 1.34 bits per heavy atom. The maximum atomic E-state index is 7.04. The Labute approximate surface area is 290 Å². The topological polar surface area (TPSA) is 61.9 Å². The number of morpholine rings is 2. The highest BCUT2D eigenvalue weighted by Gasteiger charge is 2.54. The van der Waals surface area contributed by atoms with Crippen LogP contribution in [0.25, 0.3) is 0 Å². The van der Waals surface area contributed by atoms with Crippen LogP contribution in [0.4, 0.5) is 11.4 Å². The van der Waals surface area contributed by atoms with Gasteiger partial charge in [-0.1, -0.05) is 48.5 Å². The van der Waals surface area contributed by atoms with E-state index in [1.54, 1.807) is 0 Å². The lowest BCUT2D eigenvalue weighted by Crippen LogP contribution is -2.38. The van der Waals surface area contributed by atoms with Crippen LogP contribution in [0.5, 0.6) is 23.0 Å². The van der Waals surface area contributed by atoms with Crippen molar-refractivity contribution in [1.29, 1.82) is 0 Å². The van der Waals surface area contributed by atoms with Gasteiger partial charge in [0.15, 0.2) is 11.2 Å². The Morgan fingerprint density at radius 1 is 0.420 bits per heavy atom. The maximum Gasteiger partial charge on any atom is 0.151 e. The minimum atomic E-state index is -0.863. The molecule has 2 spiro atoms. The summed E-state index contributed by atoms with van der Waals surface area (Å²) in [4.78, 5) is 4.72. The second-order valence-corrected chi connectivity index (χ2v) is 13.9. The van der Waals surface area contributed by atoms with Crippen molar-refractivity contribution < 1.29 is 28.4 Å². The average molecular weight is 665 g/mol. The Morgan fingerprint density at radius 2 is 0.860 bits per heavy atom. The van der Waals surface area contributed by atoms with Crippen molar-refractivity contribution in [3.63, 3.8) is 0 Å². The first-order chi connectivity index (χ1) is 24.7. The molecule has 2 atom stereocenters. The first-order valence-electron chi connectivity index (χ1n) is 17.7. The summed E-state index contributed by atoms with van der Waals surface area (Å²) in [5.41, 5.74) is 9.05. The summed E-state index contributed by atoms with van der Waals surface area (Å²) < 4.78 is 39.2. The number of fused-ring (bicyclic) bond motifs is 12. The molecule has 0 bridgehead atoms. The number of hydrogen-bond acceptors (Lipinski definition) is 8. The zero-order valence-electron chi connectivity index (χ0n) is 27.7. The molecule has 2 fully saturated rings. The lowest BCUT2D eigenvalue weighted by atomic mass is 9.73. The third-order valence-corrected chi connectivity index (χ3v) is 11.4. The van der Waals surface area contributed by atoms with Gasteiger partial charge in [0, 0.05) is 78.0 Å². The molecule has 0 amide bonds. The molecule has 0 N–H and O–H groups in total. The molecule has 8 heteroatoms. The molecule has 6 heterocycles. The molecule has 0 saturated carbocycles. The van der Waals surface area contributed by atoms with Gasteiger partial charge in [0.2, 0.25) is 0 Å². The fourth-order valence-electron chi connectivity index (χ4n) is 9.01. The van der Waals surface area contributed by atoms with Crippen LogP contribution in [0.2, 0.25) is 0 Å². The minimum Gasteiger partial charge on any atom is -0.456 e. The van der Waals surface area contributed by atoms with E-state index in [0.29, 0.717) is 39.6 Å². The molecule has 5 aromatic rings.